The Morgan fingerprint density at radius 1 is 1.00 bits per heavy atom. The van der Waals surface area contributed by atoms with Gasteiger partial charge in [0.2, 0.25) is 15.9 Å². The smallest absolute Gasteiger partial charge is 0.270 e. The van der Waals surface area contributed by atoms with Crippen molar-refractivity contribution in [1.82, 2.24) is 9.21 Å². The van der Waals surface area contributed by atoms with Crippen molar-refractivity contribution in [3.8, 4) is 0 Å². The molecular formula is C19H21N3O5S. The van der Waals surface area contributed by atoms with Crippen molar-refractivity contribution in [3.05, 3.63) is 70.3 Å². The van der Waals surface area contributed by atoms with Crippen molar-refractivity contribution in [1.29, 1.82) is 0 Å². The second-order valence-corrected chi connectivity index (χ2v) is 8.46. The molecule has 0 aromatic heterocycles. The van der Waals surface area contributed by atoms with E-state index in [1.807, 2.05) is 30.3 Å². The molecule has 0 saturated carbocycles. The number of nitro benzene ring substituents is 1. The van der Waals surface area contributed by atoms with Gasteiger partial charge in [0.15, 0.2) is 0 Å². The molecule has 8 nitrogen and oxygen atoms in total. The van der Waals surface area contributed by atoms with Crippen LogP contribution >= 0.6 is 0 Å². The zero-order chi connectivity index (χ0) is 20.1. The van der Waals surface area contributed by atoms with E-state index in [0.717, 1.165) is 11.6 Å². The summed E-state index contributed by atoms with van der Waals surface area (Å²) >= 11 is 0. The van der Waals surface area contributed by atoms with Gasteiger partial charge in [-0.15, -0.1) is 0 Å². The number of benzene rings is 2. The molecule has 0 atom stereocenters. The molecule has 28 heavy (non-hydrogen) atoms. The van der Waals surface area contributed by atoms with Gasteiger partial charge in [-0.1, -0.05) is 36.4 Å². The highest BCUT2D eigenvalue weighted by molar-refractivity contribution is 7.89. The van der Waals surface area contributed by atoms with E-state index in [1.54, 1.807) is 4.90 Å². The Labute approximate surface area is 163 Å². The maximum absolute atomic E-state index is 12.7. The molecule has 1 saturated heterocycles. The highest BCUT2D eigenvalue weighted by Crippen LogP contribution is 2.22. The SMILES string of the molecule is O=C(CCc1ccccc1)N1CCN(S(=O)(=O)c2cccc([N+](=O)[O-])c2)CC1. The van der Waals surface area contributed by atoms with E-state index >= 15 is 0 Å². The maximum Gasteiger partial charge on any atom is 0.270 e. The molecule has 0 unspecified atom stereocenters. The van der Waals surface area contributed by atoms with Crippen molar-refractivity contribution in [2.45, 2.75) is 17.7 Å². The third-order valence-corrected chi connectivity index (χ3v) is 6.62. The number of sulfonamides is 1. The van der Waals surface area contributed by atoms with Crippen molar-refractivity contribution >= 4 is 21.6 Å². The molecule has 2 aromatic carbocycles. The predicted octanol–water partition coefficient (Wildman–Crippen LogP) is 2.06. The number of non-ortho nitro benzene ring substituents is 1. The van der Waals surface area contributed by atoms with E-state index < -0.39 is 14.9 Å². The number of hydrogen-bond acceptors (Lipinski definition) is 5. The van der Waals surface area contributed by atoms with Crippen LogP contribution in [0.25, 0.3) is 0 Å². The Morgan fingerprint density at radius 3 is 2.32 bits per heavy atom. The average Bonchev–Trinajstić information content (AvgIpc) is 2.73. The summed E-state index contributed by atoms with van der Waals surface area (Å²) in [4.78, 5) is 24.2. The Bertz CT molecular complexity index is 955. The summed E-state index contributed by atoms with van der Waals surface area (Å²) in [7, 11) is -3.83. The minimum absolute atomic E-state index is 0.00347. The van der Waals surface area contributed by atoms with Crippen LogP contribution in [0, 0.1) is 10.1 Å². The first kappa shape index (κ1) is 20.0. The summed E-state index contributed by atoms with van der Waals surface area (Å²) < 4.78 is 26.8. The van der Waals surface area contributed by atoms with Crippen molar-refractivity contribution in [3.63, 3.8) is 0 Å². The molecule has 1 aliphatic heterocycles. The molecular weight excluding hydrogens is 382 g/mol. The molecule has 0 bridgehead atoms. The van der Waals surface area contributed by atoms with Crippen LogP contribution in [0.15, 0.2) is 59.5 Å². The van der Waals surface area contributed by atoms with Crippen LogP contribution in [0.4, 0.5) is 5.69 Å². The lowest BCUT2D eigenvalue weighted by Crippen LogP contribution is -2.50. The van der Waals surface area contributed by atoms with Gasteiger partial charge in [-0.2, -0.15) is 4.31 Å². The average molecular weight is 403 g/mol. The van der Waals surface area contributed by atoms with Gasteiger partial charge < -0.3 is 4.90 Å². The summed E-state index contributed by atoms with van der Waals surface area (Å²) in [6.07, 6.45) is 1.02. The number of carbonyl (C=O) groups excluding carboxylic acids is 1. The van der Waals surface area contributed by atoms with Crippen LogP contribution in [-0.2, 0) is 21.2 Å². The molecule has 0 N–H and O–H groups in total. The zero-order valence-electron chi connectivity index (χ0n) is 15.2. The third-order valence-electron chi connectivity index (χ3n) is 4.73. The van der Waals surface area contributed by atoms with Crippen LogP contribution in [0.2, 0.25) is 0 Å². The number of nitrogens with zero attached hydrogens (tertiary/aromatic N) is 3. The minimum Gasteiger partial charge on any atom is -0.340 e. The second kappa shape index (κ2) is 8.49. The van der Waals surface area contributed by atoms with E-state index in [4.69, 9.17) is 0 Å². The monoisotopic (exact) mass is 403 g/mol. The molecule has 148 valence electrons. The Balaban J connectivity index is 1.59. The fourth-order valence-electron chi connectivity index (χ4n) is 3.14. The van der Waals surface area contributed by atoms with E-state index in [9.17, 15) is 23.3 Å². The first-order chi connectivity index (χ1) is 13.4. The number of rotatable bonds is 6. The Hall–Kier alpha value is -2.78. The van der Waals surface area contributed by atoms with Crippen molar-refractivity contribution in [2.24, 2.45) is 0 Å². The van der Waals surface area contributed by atoms with Crippen LogP contribution in [0.5, 0.6) is 0 Å². The normalized spacial score (nSPS) is 15.4. The predicted molar refractivity (Wildman–Crippen MR) is 103 cm³/mol. The minimum atomic E-state index is -3.83. The zero-order valence-corrected chi connectivity index (χ0v) is 16.0. The van der Waals surface area contributed by atoms with Gasteiger partial charge in [0, 0.05) is 44.7 Å². The summed E-state index contributed by atoms with van der Waals surface area (Å²) in [6.45, 7) is 0.952. The summed E-state index contributed by atoms with van der Waals surface area (Å²) in [6, 6.07) is 14.7. The summed E-state index contributed by atoms with van der Waals surface area (Å²) in [5.74, 6) is -0.00347. The largest absolute Gasteiger partial charge is 0.340 e. The van der Waals surface area contributed by atoms with Gasteiger partial charge in [-0.3, -0.25) is 14.9 Å². The molecule has 1 heterocycles. The molecule has 1 aliphatic rings. The van der Waals surface area contributed by atoms with Gasteiger partial charge in [0.05, 0.1) is 9.82 Å². The molecule has 1 fully saturated rings. The molecule has 9 heteroatoms. The van der Waals surface area contributed by atoms with Crippen LogP contribution in [0.1, 0.15) is 12.0 Å². The number of piperazine rings is 1. The standard InChI is InChI=1S/C19H21N3O5S/c23-19(10-9-16-5-2-1-3-6-16)20-11-13-21(14-12-20)28(26,27)18-8-4-7-17(15-18)22(24)25/h1-8,15H,9-14H2. The fraction of sp³-hybridized carbons (Fsp3) is 0.316. The number of aryl methyl sites for hydroxylation is 1. The molecule has 0 spiro atoms. The van der Waals surface area contributed by atoms with E-state index in [0.29, 0.717) is 25.9 Å². The van der Waals surface area contributed by atoms with Crippen LogP contribution in [0.3, 0.4) is 0 Å². The quantitative estimate of drug-likeness (QED) is 0.543. The summed E-state index contributed by atoms with van der Waals surface area (Å²) in [5.41, 5.74) is 0.818. The lowest BCUT2D eigenvalue weighted by atomic mass is 10.1. The van der Waals surface area contributed by atoms with Gasteiger partial charge in [-0.05, 0) is 18.1 Å². The first-order valence-electron chi connectivity index (χ1n) is 8.94. The van der Waals surface area contributed by atoms with E-state index in [1.165, 1.54) is 22.5 Å². The Morgan fingerprint density at radius 2 is 1.68 bits per heavy atom. The summed E-state index contributed by atoms with van der Waals surface area (Å²) in [5, 5.41) is 10.9. The number of carbonyl (C=O) groups is 1. The second-order valence-electron chi connectivity index (χ2n) is 6.52. The van der Waals surface area contributed by atoms with E-state index in [-0.39, 0.29) is 29.6 Å². The number of nitro groups is 1. The van der Waals surface area contributed by atoms with Crippen LogP contribution in [-0.4, -0.2) is 54.6 Å². The van der Waals surface area contributed by atoms with Gasteiger partial charge in [-0.25, -0.2) is 8.42 Å². The van der Waals surface area contributed by atoms with Gasteiger partial charge in [0.1, 0.15) is 0 Å². The lowest BCUT2D eigenvalue weighted by molar-refractivity contribution is -0.385. The number of amides is 1. The fourth-order valence-corrected chi connectivity index (χ4v) is 4.60. The van der Waals surface area contributed by atoms with Crippen LogP contribution < -0.4 is 0 Å². The van der Waals surface area contributed by atoms with E-state index in [2.05, 4.69) is 0 Å². The molecule has 1 amide bonds. The highest BCUT2D eigenvalue weighted by Gasteiger charge is 2.30. The molecule has 2 aromatic rings. The van der Waals surface area contributed by atoms with Gasteiger partial charge >= 0.3 is 0 Å². The van der Waals surface area contributed by atoms with Gasteiger partial charge in [0.25, 0.3) is 5.69 Å². The molecule has 0 radical (unpaired) electrons. The Kier molecular flexibility index (Phi) is 6.05. The highest BCUT2D eigenvalue weighted by atomic mass is 32.2. The third kappa shape index (κ3) is 4.55. The topological polar surface area (TPSA) is 101 Å². The van der Waals surface area contributed by atoms with Crippen molar-refractivity contribution < 1.29 is 18.1 Å². The maximum atomic E-state index is 12.7. The lowest BCUT2D eigenvalue weighted by Gasteiger charge is -2.34. The molecule has 0 aliphatic carbocycles. The number of hydrogen-bond donors (Lipinski definition) is 0. The van der Waals surface area contributed by atoms with Crippen molar-refractivity contribution in [2.75, 3.05) is 26.2 Å². The molecule has 3 rings (SSSR count). The first-order valence-corrected chi connectivity index (χ1v) is 10.4.